The van der Waals surface area contributed by atoms with Gasteiger partial charge in [-0.25, -0.2) is 4.79 Å². The number of imide groups is 1. The van der Waals surface area contributed by atoms with Gasteiger partial charge < -0.3 is 5.32 Å². The molecule has 4 rings (SSSR count). The van der Waals surface area contributed by atoms with Gasteiger partial charge in [0.25, 0.3) is 5.91 Å². The largest absolute Gasteiger partial charge is 0.344 e. The normalized spacial score (nSPS) is 25.2. The van der Waals surface area contributed by atoms with E-state index in [4.69, 9.17) is 0 Å². The van der Waals surface area contributed by atoms with E-state index in [0.717, 1.165) is 43.7 Å². The second-order valence-electron chi connectivity index (χ2n) is 7.71. The zero-order valence-electron chi connectivity index (χ0n) is 15.4. The smallest absolute Gasteiger partial charge is 0.322 e. The summed E-state index contributed by atoms with van der Waals surface area (Å²) in [7, 11) is 0. The maximum absolute atomic E-state index is 12.7. The van der Waals surface area contributed by atoms with Crippen molar-refractivity contribution in [1.29, 1.82) is 0 Å². The monoisotopic (exact) mass is 390 g/mol. The van der Waals surface area contributed by atoms with Crippen molar-refractivity contribution < 1.29 is 14.4 Å². The van der Waals surface area contributed by atoms with Crippen LogP contribution in [0.5, 0.6) is 0 Å². The number of nitrogens with one attached hydrogen (secondary N) is 2. The van der Waals surface area contributed by atoms with Gasteiger partial charge in [-0.15, -0.1) is 11.3 Å². The topological polar surface area (TPSA) is 81.8 Å². The zero-order valence-corrected chi connectivity index (χ0v) is 16.2. The summed E-state index contributed by atoms with van der Waals surface area (Å²) in [6.07, 6.45) is 6.74. The van der Waals surface area contributed by atoms with Crippen LogP contribution in [-0.2, 0) is 9.59 Å². The highest BCUT2D eigenvalue weighted by Crippen LogP contribution is 2.35. The van der Waals surface area contributed by atoms with Gasteiger partial charge in [-0.2, -0.15) is 5.01 Å². The third-order valence-electron chi connectivity index (χ3n) is 5.97. The number of carbonyl (C=O) groups excluding carboxylic acids is 3. The molecular weight excluding hydrogens is 364 g/mol. The van der Waals surface area contributed by atoms with E-state index in [-0.39, 0.29) is 18.2 Å². The van der Waals surface area contributed by atoms with Gasteiger partial charge in [0.05, 0.1) is 0 Å². The Balaban J connectivity index is 1.32. The van der Waals surface area contributed by atoms with E-state index in [1.54, 1.807) is 11.3 Å². The quantitative estimate of drug-likeness (QED) is 0.757. The number of hydrazine groups is 1. The number of urea groups is 1. The minimum Gasteiger partial charge on any atom is -0.322 e. The minimum atomic E-state index is -0.804. The van der Waals surface area contributed by atoms with Crippen LogP contribution in [0.15, 0.2) is 17.5 Å². The highest BCUT2D eigenvalue weighted by molar-refractivity contribution is 7.10. The standard InChI is InChI=1S/C19H26N4O3S/c24-16(8-12-22-11-4-6-14(22)15-7-5-13-27-15)21-23-17(25)19(20-18(23)26)9-2-1-3-10-19/h5,7,13-14H,1-4,6,8-12H2,(H,20,26)(H,21,24). The summed E-state index contributed by atoms with van der Waals surface area (Å²) in [5.74, 6) is -0.596. The lowest BCUT2D eigenvalue weighted by atomic mass is 9.82. The van der Waals surface area contributed by atoms with Gasteiger partial charge in [0.15, 0.2) is 0 Å². The second kappa shape index (κ2) is 7.59. The molecule has 3 heterocycles. The van der Waals surface area contributed by atoms with Crippen molar-refractivity contribution in [2.24, 2.45) is 0 Å². The molecule has 8 heteroatoms. The number of likely N-dealkylation sites (tertiary alicyclic amines) is 1. The number of hydrogen-bond acceptors (Lipinski definition) is 5. The van der Waals surface area contributed by atoms with Crippen LogP contribution < -0.4 is 10.7 Å². The van der Waals surface area contributed by atoms with Gasteiger partial charge in [0.2, 0.25) is 5.91 Å². The fourth-order valence-corrected chi connectivity index (χ4v) is 5.43. The summed E-state index contributed by atoms with van der Waals surface area (Å²) in [6, 6.07) is 4.07. The van der Waals surface area contributed by atoms with E-state index in [0.29, 0.717) is 25.4 Å². The highest BCUT2D eigenvalue weighted by atomic mass is 32.1. The Morgan fingerprint density at radius 3 is 2.81 bits per heavy atom. The van der Waals surface area contributed by atoms with Gasteiger partial charge in [-0.1, -0.05) is 25.3 Å². The van der Waals surface area contributed by atoms with Crippen LogP contribution in [-0.4, -0.2) is 46.4 Å². The van der Waals surface area contributed by atoms with Crippen LogP contribution in [0.1, 0.15) is 62.3 Å². The maximum atomic E-state index is 12.7. The van der Waals surface area contributed by atoms with Crippen LogP contribution in [0.25, 0.3) is 0 Å². The Hall–Kier alpha value is -1.93. The van der Waals surface area contributed by atoms with Gasteiger partial charge in [-0.05, 0) is 43.7 Å². The first kappa shape index (κ1) is 18.4. The average Bonchev–Trinajstić information content (AvgIpc) is 3.38. The Morgan fingerprint density at radius 2 is 2.07 bits per heavy atom. The molecule has 1 atom stereocenters. The van der Waals surface area contributed by atoms with Crippen molar-refractivity contribution in [3.63, 3.8) is 0 Å². The molecule has 27 heavy (non-hydrogen) atoms. The Labute approximate surface area is 163 Å². The lowest BCUT2D eigenvalue weighted by molar-refractivity contribution is -0.140. The Kier molecular flexibility index (Phi) is 5.19. The molecule has 1 aliphatic carbocycles. The lowest BCUT2D eigenvalue weighted by Crippen LogP contribution is -2.51. The molecule has 1 saturated carbocycles. The van der Waals surface area contributed by atoms with Crippen LogP contribution in [0.3, 0.4) is 0 Å². The number of thiophene rings is 1. The van der Waals surface area contributed by atoms with E-state index in [1.807, 2.05) is 0 Å². The van der Waals surface area contributed by atoms with Crippen LogP contribution in [0, 0.1) is 0 Å². The maximum Gasteiger partial charge on any atom is 0.344 e. The van der Waals surface area contributed by atoms with Gasteiger partial charge in [0, 0.05) is 23.9 Å². The molecular formula is C19H26N4O3S. The van der Waals surface area contributed by atoms with Crippen LogP contribution in [0.4, 0.5) is 4.79 Å². The van der Waals surface area contributed by atoms with Gasteiger partial charge in [-0.3, -0.25) is 19.9 Å². The van der Waals surface area contributed by atoms with Gasteiger partial charge >= 0.3 is 6.03 Å². The molecule has 146 valence electrons. The number of carbonyl (C=O) groups is 3. The fourth-order valence-electron chi connectivity index (χ4n) is 4.54. The van der Waals surface area contributed by atoms with E-state index in [2.05, 4.69) is 33.2 Å². The van der Waals surface area contributed by atoms with Crippen molar-refractivity contribution in [3.05, 3.63) is 22.4 Å². The average molecular weight is 391 g/mol. The summed E-state index contributed by atoms with van der Waals surface area (Å²) in [4.78, 5) is 41.0. The molecule has 1 unspecified atom stereocenters. The van der Waals surface area contributed by atoms with Crippen molar-refractivity contribution in [3.8, 4) is 0 Å². The van der Waals surface area contributed by atoms with E-state index >= 15 is 0 Å². The Bertz CT molecular complexity index is 715. The molecule has 0 bridgehead atoms. The first-order chi connectivity index (χ1) is 13.1. The number of hydrogen-bond donors (Lipinski definition) is 2. The summed E-state index contributed by atoms with van der Waals surface area (Å²) < 4.78 is 0. The van der Waals surface area contributed by atoms with Gasteiger partial charge in [0.1, 0.15) is 5.54 Å². The second-order valence-corrected chi connectivity index (χ2v) is 8.69. The molecule has 2 aliphatic heterocycles. The third kappa shape index (κ3) is 3.60. The summed E-state index contributed by atoms with van der Waals surface area (Å²) in [5.41, 5.74) is 1.73. The van der Waals surface area contributed by atoms with Crippen LogP contribution in [0.2, 0.25) is 0 Å². The van der Waals surface area contributed by atoms with E-state index in [1.165, 1.54) is 4.88 Å². The molecule has 1 aromatic heterocycles. The summed E-state index contributed by atoms with van der Waals surface area (Å²) in [5, 5.41) is 5.79. The fraction of sp³-hybridized carbons (Fsp3) is 0.632. The van der Waals surface area contributed by atoms with Crippen LogP contribution >= 0.6 is 11.3 Å². The summed E-state index contributed by atoms with van der Waals surface area (Å²) in [6.45, 7) is 1.60. The van der Waals surface area contributed by atoms with E-state index < -0.39 is 11.6 Å². The molecule has 3 aliphatic rings. The molecule has 0 aromatic carbocycles. The molecule has 0 radical (unpaired) electrons. The number of nitrogens with zero attached hydrogens (tertiary/aromatic N) is 2. The van der Waals surface area contributed by atoms with Crippen molar-refractivity contribution >= 4 is 29.2 Å². The predicted octanol–water partition coefficient (Wildman–Crippen LogP) is 2.56. The Morgan fingerprint density at radius 1 is 1.26 bits per heavy atom. The number of rotatable bonds is 5. The highest BCUT2D eigenvalue weighted by Gasteiger charge is 2.52. The number of amides is 4. The van der Waals surface area contributed by atoms with Crippen molar-refractivity contribution in [1.82, 2.24) is 20.7 Å². The lowest BCUT2D eigenvalue weighted by Gasteiger charge is -2.30. The minimum absolute atomic E-state index is 0.270. The zero-order chi connectivity index (χ0) is 18.9. The molecule has 1 spiro atoms. The van der Waals surface area contributed by atoms with E-state index in [9.17, 15) is 14.4 Å². The SMILES string of the molecule is O=C(CCN1CCCC1c1cccs1)NN1C(=O)NC2(CCCCC2)C1=O. The molecule has 4 amide bonds. The molecule has 2 N–H and O–H groups in total. The predicted molar refractivity (Wildman–Crippen MR) is 102 cm³/mol. The first-order valence-electron chi connectivity index (χ1n) is 9.83. The molecule has 3 fully saturated rings. The van der Waals surface area contributed by atoms with Crippen molar-refractivity contribution in [2.75, 3.05) is 13.1 Å². The first-order valence-corrected chi connectivity index (χ1v) is 10.7. The third-order valence-corrected chi connectivity index (χ3v) is 6.94. The molecule has 2 saturated heterocycles. The summed E-state index contributed by atoms with van der Waals surface area (Å²) >= 11 is 1.75. The van der Waals surface area contributed by atoms with Crippen molar-refractivity contribution in [2.45, 2.75) is 62.9 Å². The molecule has 1 aromatic rings. The molecule has 7 nitrogen and oxygen atoms in total.